The van der Waals surface area contributed by atoms with Gasteiger partial charge in [0, 0.05) is 7.05 Å². The second-order valence-electron chi connectivity index (χ2n) is 3.57. The van der Waals surface area contributed by atoms with Gasteiger partial charge in [0.25, 0.3) is 0 Å². The van der Waals surface area contributed by atoms with E-state index in [9.17, 15) is 0 Å². The van der Waals surface area contributed by atoms with Crippen LogP contribution in [0.25, 0.3) is 0 Å². The monoisotopic (exact) mass is 193 g/mol. The first-order chi connectivity index (χ1) is 6.72. The van der Waals surface area contributed by atoms with Gasteiger partial charge in [-0.15, -0.1) is 0 Å². The van der Waals surface area contributed by atoms with Gasteiger partial charge in [0.05, 0.1) is 23.6 Å². The van der Waals surface area contributed by atoms with Gasteiger partial charge in [0.2, 0.25) is 0 Å². The fourth-order valence-electron chi connectivity index (χ4n) is 1.43. The summed E-state index contributed by atoms with van der Waals surface area (Å²) < 4.78 is 2.03. The zero-order chi connectivity index (χ0) is 10.1. The molecule has 0 saturated heterocycles. The Bertz CT molecular complexity index is 350. The van der Waals surface area contributed by atoms with Crippen LogP contribution in [-0.4, -0.2) is 22.8 Å². The first-order valence-corrected chi connectivity index (χ1v) is 4.80. The van der Waals surface area contributed by atoms with Crippen molar-refractivity contribution >= 4 is 11.6 Å². The molecule has 1 saturated carbocycles. The van der Waals surface area contributed by atoms with E-state index in [1.165, 1.54) is 12.8 Å². The number of guanidine groups is 1. The number of hydrogen-bond acceptors (Lipinski definition) is 2. The molecule has 3 N–H and O–H groups in total. The zero-order valence-corrected chi connectivity index (χ0v) is 8.46. The minimum Gasteiger partial charge on any atom is -0.359 e. The Balaban J connectivity index is 2.14. The number of hydrogen-bond donors (Lipinski definition) is 3. The summed E-state index contributed by atoms with van der Waals surface area (Å²) in [6.45, 7) is 2.02. The number of nitrogens with one attached hydrogen (secondary N) is 3. The van der Waals surface area contributed by atoms with Crippen molar-refractivity contribution < 1.29 is 0 Å². The fraction of sp³-hybridized carbons (Fsp3) is 0.556. The SMILES string of the molecule is CNC(=N)Nc1cnn(C2CC2)c1C. The van der Waals surface area contributed by atoms with E-state index in [1.54, 1.807) is 13.2 Å². The smallest absolute Gasteiger partial charge is 0.192 e. The Morgan fingerprint density at radius 1 is 1.64 bits per heavy atom. The molecule has 76 valence electrons. The lowest BCUT2D eigenvalue weighted by Gasteiger charge is -2.06. The third kappa shape index (κ3) is 1.57. The maximum atomic E-state index is 7.44. The van der Waals surface area contributed by atoms with E-state index in [0.717, 1.165) is 11.4 Å². The number of nitrogens with zero attached hydrogens (tertiary/aromatic N) is 2. The summed E-state index contributed by atoms with van der Waals surface area (Å²) in [6.07, 6.45) is 4.23. The van der Waals surface area contributed by atoms with E-state index >= 15 is 0 Å². The maximum absolute atomic E-state index is 7.44. The van der Waals surface area contributed by atoms with Gasteiger partial charge in [0.1, 0.15) is 0 Å². The van der Waals surface area contributed by atoms with Crippen molar-refractivity contribution in [2.75, 3.05) is 12.4 Å². The molecule has 1 aromatic rings. The summed E-state index contributed by atoms with van der Waals surface area (Å²) in [4.78, 5) is 0. The van der Waals surface area contributed by atoms with Crippen LogP contribution in [0.15, 0.2) is 6.20 Å². The molecule has 5 heteroatoms. The summed E-state index contributed by atoms with van der Waals surface area (Å²) in [5, 5.41) is 17.4. The summed E-state index contributed by atoms with van der Waals surface area (Å²) in [5.41, 5.74) is 2.02. The van der Waals surface area contributed by atoms with Gasteiger partial charge in [0.15, 0.2) is 5.96 Å². The Morgan fingerprint density at radius 3 is 2.93 bits per heavy atom. The van der Waals surface area contributed by atoms with Gasteiger partial charge in [-0.25, -0.2) is 0 Å². The van der Waals surface area contributed by atoms with Gasteiger partial charge < -0.3 is 10.6 Å². The molecular formula is C9H15N5. The van der Waals surface area contributed by atoms with Crippen molar-refractivity contribution in [2.45, 2.75) is 25.8 Å². The highest BCUT2D eigenvalue weighted by Gasteiger charge is 2.26. The van der Waals surface area contributed by atoms with Crippen LogP contribution in [0.1, 0.15) is 24.6 Å². The summed E-state index contributed by atoms with van der Waals surface area (Å²) in [7, 11) is 1.72. The lowest BCUT2D eigenvalue weighted by atomic mass is 10.4. The molecule has 2 rings (SSSR count). The van der Waals surface area contributed by atoms with Crippen LogP contribution < -0.4 is 10.6 Å². The molecule has 1 aliphatic carbocycles. The van der Waals surface area contributed by atoms with Gasteiger partial charge in [-0.3, -0.25) is 10.1 Å². The minimum absolute atomic E-state index is 0.295. The molecule has 0 bridgehead atoms. The molecule has 0 spiro atoms. The molecule has 1 heterocycles. The molecule has 1 aromatic heterocycles. The van der Waals surface area contributed by atoms with Gasteiger partial charge in [-0.2, -0.15) is 5.10 Å². The topological polar surface area (TPSA) is 65.7 Å². The van der Waals surface area contributed by atoms with E-state index in [-0.39, 0.29) is 0 Å². The normalized spacial score (nSPS) is 15.3. The van der Waals surface area contributed by atoms with Crippen molar-refractivity contribution in [3.63, 3.8) is 0 Å². The molecule has 5 nitrogen and oxygen atoms in total. The molecule has 0 amide bonds. The van der Waals surface area contributed by atoms with Crippen LogP contribution in [0.4, 0.5) is 5.69 Å². The maximum Gasteiger partial charge on any atom is 0.192 e. The first kappa shape index (κ1) is 9.05. The van der Waals surface area contributed by atoms with Crippen LogP contribution in [-0.2, 0) is 0 Å². The van der Waals surface area contributed by atoms with Crippen molar-refractivity contribution in [3.05, 3.63) is 11.9 Å². The molecule has 1 aliphatic rings. The van der Waals surface area contributed by atoms with Crippen LogP contribution in [0.2, 0.25) is 0 Å². The van der Waals surface area contributed by atoms with E-state index < -0.39 is 0 Å². The summed E-state index contributed by atoms with van der Waals surface area (Å²) in [5.74, 6) is 0.295. The molecule has 0 aliphatic heterocycles. The van der Waals surface area contributed by atoms with Crippen molar-refractivity contribution in [3.8, 4) is 0 Å². The molecular weight excluding hydrogens is 178 g/mol. The summed E-state index contributed by atoms with van der Waals surface area (Å²) >= 11 is 0. The van der Waals surface area contributed by atoms with E-state index in [4.69, 9.17) is 5.41 Å². The van der Waals surface area contributed by atoms with Crippen molar-refractivity contribution in [2.24, 2.45) is 0 Å². The predicted octanol–water partition coefficient (Wildman–Crippen LogP) is 1.09. The Labute approximate surface area is 83.0 Å². The van der Waals surface area contributed by atoms with Crippen molar-refractivity contribution in [1.82, 2.24) is 15.1 Å². The van der Waals surface area contributed by atoms with E-state index in [2.05, 4.69) is 15.7 Å². The third-order valence-corrected chi connectivity index (χ3v) is 2.45. The van der Waals surface area contributed by atoms with Gasteiger partial charge in [-0.1, -0.05) is 0 Å². The van der Waals surface area contributed by atoms with Gasteiger partial charge >= 0.3 is 0 Å². The lowest BCUT2D eigenvalue weighted by Crippen LogP contribution is -2.25. The highest BCUT2D eigenvalue weighted by Crippen LogP contribution is 2.36. The van der Waals surface area contributed by atoms with Crippen LogP contribution in [0, 0.1) is 12.3 Å². The fourth-order valence-corrected chi connectivity index (χ4v) is 1.43. The molecule has 0 radical (unpaired) electrons. The third-order valence-electron chi connectivity index (χ3n) is 2.45. The predicted molar refractivity (Wildman–Crippen MR) is 55.6 cm³/mol. The van der Waals surface area contributed by atoms with E-state index in [1.807, 2.05) is 11.6 Å². The zero-order valence-electron chi connectivity index (χ0n) is 8.46. The van der Waals surface area contributed by atoms with Crippen LogP contribution in [0.3, 0.4) is 0 Å². The highest BCUT2D eigenvalue weighted by atomic mass is 15.3. The van der Waals surface area contributed by atoms with Crippen molar-refractivity contribution in [1.29, 1.82) is 5.41 Å². The number of rotatable bonds is 2. The summed E-state index contributed by atoms with van der Waals surface area (Å²) in [6, 6.07) is 0.592. The second-order valence-corrected chi connectivity index (χ2v) is 3.57. The van der Waals surface area contributed by atoms with E-state index in [0.29, 0.717) is 12.0 Å². The minimum atomic E-state index is 0.295. The van der Waals surface area contributed by atoms with Crippen LogP contribution >= 0.6 is 0 Å². The lowest BCUT2D eigenvalue weighted by molar-refractivity contribution is 0.622. The molecule has 0 aromatic carbocycles. The standard InChI is InChI=1S/C9H15N5/c1-6-8(13-9(10)11-2)5-12-14(6)7-3-4-7/h5,7H,3-4H2,1-2H3,(H3,10,11,13). The van der Waals surface area contributed by atoms with Gasteiger partial charge in [-0.05, 0) is 19.8 Å². The Morgan fingerprint density at radius 2 is 2.36 bits per heavy atom. The average Bonchev–Trinajstić information content (AvgIpc) is 2.95. The Hall–Kier alpha value is -1.52. The molecule has 14 heavy (non-hydrogen) atoms. The van der Waals surface area contributed by atoms with Crippen LogP contribution in [0.5, 0.6) is 0 Å². The average molecular weight is 193 g/mol. The molecule has 0 unspecified atom stereocenters. The Kier molecular flexibility index (Phi) is 2.15. The quantitative estimate of drug-likeness (QED) is 0.486. The highest BCUT2D eigenvalue weighted by molar-refractivity contribution is 5.91. The molecule has 1 fully saturated rings. The second kappa shape index (κ2) is 3.32. The largest absolute Gasteiger partial charge is 0.359 e. The number of anilines is 1. The first-order valence-electron chi connectivity index (χ1n) is 4.80. The number of aromatic nitrogens is 2. The molecule has 0 atom stereocenters.